The van der Waals surface area contributed by atoms with Gasteiger partial charge in [-0.05, 0) is 24.3 Å². The zero-order valence-corrected chi connectivity index (χ0v) is 18.3. The van der Waals surface area contributed by atoms with Gasteiger partial charge < -0.3 is 15.2 Å². The van der Waals surface area contributed by atoms with Gasteiger partial charge in [-0.25, -0.2) is 9.67 Å². The van der Waals surface area contributed by atoms with E-state index in [9.17, 15) is 4.79 Å². The molecule has 3 aromatic heterocycles. The molecule has 1 amide bonds. The predicted octanol–water partition coefficient (Wildman–Crippen LogP) is 2.16. The van der Waals surface area contributed by atoms with Crippen LogP contribution >= 0.6 is 0 Å². The molecule has 33 heavy (non-hydrogen) atoms. The zero-order chi connectivity index (χ0) is 22.9. The molecule has 0 fully saturated rings. The lowest BCUT2D eigenvalue weighted by Gasteiger charge is -2.10. The van der Waals surface area contributed by atoms with Crippen molar-refractivity contribution in [1.82, 2.24) is 34.7 Å². The van der Waals surface area contributed by atoms with Gasteiger partial charge in [0.15, 0.2) is 0 Å². The van der Waals surface area contributed by atoms with Gasteiger partial charge in [-0.1, -0.05) is 13.8 Å². The standard InChI is InChI=1S/C22H24N8O3/c1-13(2)20-25-21(27-26-20)17-10-16-5-8-33-19-4-3-14(9-18(19)30(16)28-17)22(32)24-15-11-23-29(12-15)6-7-31/h3-4,9-13,31H,5-8H2,1-2H3,(H,24,32)(H,25,26,27). The normalized spacial score (nSPS) is 12.7. The Kier molecular flexibility index (Phi) is 5.38. The fourth-order valence-electron chi connectivity index (χ4n) is 3.63. The minimum Gasteiger partial charge on any atom is -0.491 e. The molecular weight excluding hydrogens is 424 g/mol. The van der Waals surface area contributed by atoms with E-state index in [0.29, 0.717) is 53.8 Å². The van der Waals surface area contributed by atoms with Crippen LogP contribution in [0.15, 0.2) is 36.7 Å². The van der Waals surface area contributed by atoms with Crippen LogP contribution in [0.4, 0.5) is 5.69 Å². The summed E-state index contributed by atoms with van der Waals surface area (Å²) in [6.07, 6.45) is 3.87. The van der Waals surface area contributed by atoms with E-state index >= 15 is 0 Å². The van der Waals surface area contributed by atoms with Gasteiger partial charge in [-0.15, -0.1) is 0 Å². The fourth-order valence-corrected chi connectivity index (χ4v) is 3.63. The minimum absolute atomic E-state index is 0.0271. The molecule has 1 aromatic carbocycles. The number of nitrogens with zero attached hydrogens (tertiary/aromatic N) is 6. The first-order valence-corrected chi connectivity index (χ1v) is 10.8. The number of hydrogen-bond acceptors (Lipinski definition) is 7. The summed E-state index contributed by atoms with van der Waals surface area (Å²) in [5.74, 6) is 1.94. The minimum atomic E-state index is -0.282. The number of ether oxygens (including phenoxy) is 1. The van der Waals surface area contributed by atoms with Gasteiger partial charge in [-0.2, -0.15) is 15.3 Å². The van der Waals surface area contributed by atoms with Crippen LogP contribution in [0.5, 0.6) is 5.75 Å². The van der Waals surface area contributed by atoms with Gasteiger partial charge in [0.1, 0.15) is 23.0 Å². The lowest BCUT2D eigenvalue weighted by molar-refractivity contribution is 0.102. The van der Waals surface area contributed by atoms with Crippen molar-refractivity contribution in [3.63, 3.8) is 0 Å². The predicted molar refractivity (Wildman–Crippen MR) is 119 cm³/mol. The number of aliphatic hydroxyl groups excluding tert-OH is 1. The molecule has 0 bridgehead atoms. The number of anilines is 1. The molecule has 1 aliphatic heterocycles. The first-order chi connectivity index (χ1) is 16.0. The summed E-state index contributed by atoms with van der Waals surface area (Å²) in [6, 6.07) is 7.20. The van der Waals surface area contributed by atoms with Gasteiger partial charge in [0.05, 0.1) is 31.6 Å². The van der Waals surface area contributed by atoms with E-state index in [1.165, 1.54) is 0 Å². The van der Waals surface area contributed by atoms with Crippen molar-refractivity contribution in [2.45, 2.75) is 32.7 Å². The van der Waals surface area contributed by atoms with Crippen LogP contribution in [0, 0.1) is 0 Å². The third-order valence-corrected chi connectivity index (χ3v) is 5.35. The number of fused-ring (bicyclic) bond motifs is 3. The molecule has 0 radical (unpaired) electrons. The molecule has 4 heterocycles. The highest BCUT2D eigenvalue weighted by molar-refractivity contribution is 6.04. The first kappa shape index (κ1) is 20.9. The van der Waals surface area contributed by atoms with Gasteiger partial charge >= 0.3 is 0 Å². The Morgan fingerprint density at radius 2 is 2.21 bits per heavy atom. The van der Waals surface area contributed by atoms with Crippen molar-refractivity contribution in [3.05, 3.63) is 53.7 Å². The van der Waals surface area contributed by atoms with E-state index in [1.807, 2.05) is 19.9 Å². The summed E-state index contributed by atoms with van der Waals surface area (Å²) in [6.45, 7) is 4.93. The first-order valence-electron chi connectivity index (χ1n) is 10.8. The van der Waals surface area contributed by atoms with Crippen molar-refractivity contribution in [2.24, 2.45) is 0 Å². The van der Waals surface area contributed by atoms with E-state index in [0.717, 1.165) is 11.5 Å². The number of H-pyrrole nitrogens is 1. The second kappa shape index (κ2) is 8.51. The number of aromatic nitrogens is 7. The highest BCUT2D eigenvalue weighted by Crippen LogP contribution is 2.30. The van der Waals surface area contributed by atoms with E-state index in [1.54, 1.807) is 40.0 Å². The molecule has 3 N–H and O–H groups in total. The molecular formula is C22H24N8O3. The Hall–Kier alpha value is -3.99. The second-order valence-corrected chi connectivity index (χ2v) is 8.08. The zero-order valence-electron chi connectivity index (χ0n) is 18.3. The molecule has 5 rings (SSSR count). The average Bonchev–Trinajstić information content (AvgIpc) is 3.52. The Balaban J connectivity index is 1.45. The van der Waals surface area contributed by atoms with E-state index < -0.39 is 0 Å². The van der Waals surface area contributed by atoms with Crippen LogP contribution < -0.4 is 10.1 Å². The molecule has 170 valence electrons. The smallest absolute Gasteiger partial charge is 0.255 e. The number of carbonyl (C=O) groups is 1. The molecule has 11 heteroatoms. The largest absolute Gasteiger partial charge is 0.491 e. The molecule has 4 aromatic rings. The average molecular weight is 448 g/mol. The van der Waals surface area contributed by atoms with E-state index in [4.69, 9.17) is 14.9 Å². The number of amides is 1. The number of rotatable bonds is 6. The fraction of sp³-hybridized carbons (Fsp3) is 0.318. The van der Waals surface area contributed by atoms with Gasteiger partial charge in [0.25, 0.3) is 5.91 Å². The van der Waals surface area contributed by atoms with Crippen LogP contribution in [0.2, 0.25) is 0 Å². The lowest BCUT2D eigenvalue weighted by Crippen LogP contribution is -2.12. The molecule has 0 atom stereocenters. The van der Waals surface area contributed by atoms with Gasteiger partial charge in [0, 0.05) is 29.8 Å². The Morgan fingerprint density at radius 1 is 1.33 bits per heavy atom. The summed E-state index contributed by atoms with van der Waals surface area (Å²) in [7, 11) is 0. The van der Waals surface area contributed by atoms with Crippen molar-refractivity contribution >= 4 is 11.6 Å². The molecule has 0 spiro atoms. The Morgan fingerprint density at radius 3 is 3.00 bits per heavy atom. The van der Waals surface area contributed by atoms with Crippen molar-refractivity contribution in [2.75, 3.05) is 18.5 Å². The summed E-state index contributed by atoms with van der Waals surface area (Å²) in [4.78, 5) is 17.4. The second-order valence-electron chi connectivity index (χ2n) is 8.08. The Labute approximate surface area is 189 Å². The van der Waals surface area contributed by atoms with Crippen LogP contribution in [-0.2, 0) is 13.0 Å². The summed E-state index contributed by atoms with van der Waals surface area (Å²) in [5, 5.41) is 28.0. The van der Waals surface area contributed by atoms with Gasteiger partial charge in [-0.3, -0.25) is 14.6 Å². The number of nitrogens with one attached hydrogen (secondary N) is 2. The lowest BCUT2D eigenvalue weighted by atomic mass is 10.1. The third kappa shape index (κ3) is 4.10. The topological polar surface area (TPSA) is 136 Å². The molecule has 1 aliphatic rings. The monoisotopic (exact) mass is 448 g/mol. The Bertz CT molecular complexity index is 1300. The molecule has 0 aliphatic carbocycles. The van der Waals surface area contributed by atoms with Crippen LogP contribution in [0.1, 0.15) is 41.6 Å². The maximum Gasteiger partial charge on any atom is 0.255 e. The van der Waals surface area contributed by atoms with Crippen LogP contribution in [-0.4, -0.2) is 59.0 Å². The quantitative estimate of drug-likeness (QED) is 0.411. The summed E-state index contributed by atoms with van der Waals surface area (Å²) >= 11 is 0. The van der Waals surface area contributed by atoms with Crippen molar-refractivity contribution in [3.8, 4) is 23.0 Å². The number of hydrogen-bond donors (Lipinski definition) is 3. The highest BCUT2D eigenvalue weighted by atomic mass is 16.5. The molecule has 0 saturated carbocycles. The van der Waals surface area contributed by atoms with Crippen molar-refractivity contribution < 1.29 is 14.6 Å². The maximum atomic E-state index is 12.9. The summed E-state index contributed by atoms with van der Waals surface area (Å²) in [5.41, 5.74) is 3.29. The highest BCUT2D eigenvalue weighted by Gasteiger charge is 2.22. The summed E-state index contributed by atoms with van der Waals surface area (Å²) < 4.78 is 9.24. The molecule has 11 nitrogen and oxygen atoms in total. The van der Waals surface area contributed by atoms with E-state index in [-0.39, 0.29) is 18.4 Å². The van der Waals surface area contributed by atoms with Gasteiger partial charge in [0.2, 0.25) is 5.82 Å². The van der Waals surface area contributed by atoms with Crippen LogP contribution in [0.25, 0.3) is 17.2 Å². The number of aliphatic hydroxyl groups is 1. The van der Waals surface area contributed by atoms with Crippen LogP contribution in [0.3, 0.4) is 0 Å². The molecule has 0 unspecified atom stereocenters. The maximum absolute atomic E-state index is 12.9. The number of aromatic amines is 1. The third-order valence-electron chi connectivity index (χ3n) is 5.35. The van der Waals surface area contributed by atoms with E-state index in [2.05, 4.69) is 25.6 Å². The van der Waals surface area contributed by atoms with Crippen molar-refractivity contribution in [1.29, 1.82) is 0 Å². The molecule has 0 saturated heterocycles. The number of carbonyl (C=O) groups excluding carboxylic acids is 1. The number of benzene rings is 1. The SMILES string of the molecule is CC(C)c1nc(-c2cc3n(n2)-c2cc(C(=O)Nc4cnn(CCO)c4)ccc2OCC3)n[nH]1.